The van der Waals surface area contributed by atoms with Crippen molar-refractivity contribution < 1.29 is 32.9 Å². The summed E-state index contributed by atoms with van der Waals surface area (Å²) in [5.41, 5.74) is 0. The van der Waals surface area contributed by atoms with E-state index in [1.54, 1.807) is 0 Å². The highest BCUT2D eigenvalue weighted by atomic mass is 31.2. The first-order valence-corrected chi connectivity index (χ1v) is 33.5. The molecule has 452 valence electrons. The lowest BCUT2D eigenvalue weighted by atomic mass is 10.0. The minimum atomic E-state index is -4.59. The van der Waals surface area contributed by atoms with Gasteiger partial charge in [-0.15, -0.1) is 0 Å². The number of aliphatic hydroxyl groups is 1. The predicted molar refractivity (Wildman–Crippen MR) is 343 cm³/mol. The van der Waals surface area contributed by atoms with Crippen LogP contribution in [0.2, 0.25) is 0 Å². The number of rotatable bonds is 57. The molecule has 3 unspecified atom stereocenters. The second kappa shape index (κ2) is 59.3. The number of carbonyl (C=O) groups is 1. The molecule has 0 aromatic rings. The molecule has 0 bridgehead atoms. The molecule has 79 heavy (non-hydrogen) atoms. The van der Waals surface area contributed by atoms with Crippen LogP contribution in [0.3, 0.4) is 0 Å². The van der Waals surface area contributed by atoms with Gasteiger partial charge in [0.2, 0.25) is 5.91 Å². The number of allylic oxidation sites excluding steroid dienone is 22. The number of phosphoric ester groups is 1. The average Bonchev–Trinajstić information content (AvgIpc) is 3.42. The summed E-state index contributed by atoms with van der Waals surface area (Å²) >= 11 is 0. The van der Waals surface area contributed by atoms with Crippen LogP contribution in [0.15, 0.2) is 134 Å². The van der Waals surface area contributed by atoms with Crippen molar-refractivity contribution in [3.05, 3.63) is 134 Å². The van der Waals surface area contributed by atoms with Crippen molar-refractivity contribution in [1.29, 1.82) is 0 Å². The molecule has 0 saturated carbocycles. The molecule has 0 heterocycles. The van der Waals surface area contributed by atoms with E-state index in [0.29, 0.717) is 23.9 Å². The lowest BCUT2D eigenvalue weighted by Crippen LogP contribution is -2.46. The van der Waals surface area contributed by atoms with Gasteiger partial charge < -0.3 is 28.8 Å². The van der Waals surface area contributed by atoms with Gasteiger partial charge in [-0.1, -0.05) is 282 Å². The van der Waals surface area contributed by atoms with Crippen molar-refractivity contribution in [2.24, 2.45) is 0 Å². The molecule has 0 aliphatic heterocycles. The summed E-state index contributed by atoms with van der Waals surface area (Å²) in [6, 6.07) is -0.821. The normalized spacial score (nSPS) is 14.7. The van der Waals surface area contributed by atoms with Gasteiger partial charge in [0.1, 0.15) is 13.2 Å². The largest absolute Gasteiger partial charge is 0.756 e. The molecule has 0 radical (unpaired) electrons. The molecule has 0 aromatic carbocycles. The van der Waals surface area contributed by atoms with E-state index in [4.69, 9.17) is 9.05 Å². The SMILES string of the molecule is CC/C=C\C/C=C\C/C=C\C/C=C\C/C=C\C/C=C\C/C=C\C/C=C\C/C=C\C/C=C\C/C=C\CCCCCCCC(=O)NC(COP(=O)([O-])OCC[N+](C)(C)C)C(O)CCCCCCCCCCCCCCCCCCCC. The first-order chi connectivity index (χ1) is 38.5. The van der Waals surface area contributed by atoms with E-state index in [9.17, 15) is 19.4 Å². The maximum Gasteiger partial charge on any atom is 0.268 e. The van der Waals surface area contributed by atoms with Crippen molar-refractivity contribution in [3.8, 4) is 0 Å². The summed E-state index contributed by atoms with van der Waals surface area (Å²) in [5, 5.41) is 14.0. The summed E-state index contributed by atoms with van der Waals surface area (Å²) < 4.78 is 23.4. The lowest BCUT2D eigenvalue weighted by molar-refractivity contribution is -0.870. The molecule has 0 aliphatic rings. The van der Waals surface area contributed by atoms with E-state index < -0.39 is 20.0 Å². The molecule has 8 nitrogen and oxygen atoms in total. The number of hydrogen-bond donors (Lipinski definition) is 2. The molecule has 2 N–H and O–H groups in total. The van der Waals surface area contributed by atoms with Crippen LogP contribution in [0.1, 0.15) is 251 Å². The number of nitrogens with zero attached hydrogens (tertiary/aromatic N) is 1. The van der Waals surface area contributed by atoms with E-state index in [-0.39, 0.29) is 19.1 Å². The van der Waals surface area contributed by atoms with Gasteiger partial charge in [0.25, 0.3) is 7.82 Å². The molecule has 0 spiro atoms. The molecule has 0 aliphatic carbocycles. The maximum atomic E-state index is 13.0. The van der Waals surface area contributed by atoms with Gasteiger partial charge in [-0.05, 0) is 96.3 Å². The summed E-state index contributed by atoms with van der Waals surface area (Å²) in [6.45, 7) is 4.59. The standard InChI is InChI=1S/C70H121N2O6P/c1-6-8-10-12-14-16-18-20-22-24-26-27-28-29-30-31-32-33-34-35-36-37-38-39-40-41-42-43-44-45-46-48-50-52-54-56-58-60-62-64-70(74)71-68(67-78-79(75,76)77-66-65-72(3,4)5)69(73)63-61-59-57-55-53-51-49-47-25-23-21-19-17-15-13-11-9-7-2/h8,10,14,16,20,22,26-27,29-30,32-33,35-36,38-39,41-42,44-45,48,50,68-69,73H,6-7,9,11-13,15,17-19,21,23-25,28,31,34,37,40,43,46-47,49,51-67H2,1-5H3,(H-,71,74,75,76)/b10-8-,16-14-,22-20-,27-26-,30-29-,33-32-,36-35-,39-38-,42-41-,45-44-,50-48-. The quantitative estimate of drug-likeness (QED) is 0.0272. The lowest BCUT2D eigenvalue weighted by Gasteiger charge is -2.30. The Bertz CT molecular complexity index is 1750. The van der Waals surface area contributed by atoms with Crippen molar-refractivity contribution in [2.45, 2.75) is 264 Å². The van der Waals surface area contributed by atoms with Crippen molar-refractivity contribution in [3.63, 3.8) is 0 Å². The number of carbonyl (C=O) groups excluding carboxylic acids is 1. The van der Waals surface area contributed by atoms with E-state index in [0.717, 1.165) is 128 Å². The zero-order valence-electron chi connectivity index (χ0n) is 51.5. The third-order valence-electron chi connectivity index (χ3n) is 13.7. The van der Waals surface area contributed by atoms with Crippen LogP contribution in [0, 0.1) is 0 Å². The Morgan fingerprint density at radius 1 is 0.456 bits per heavy atom. The second-order valence-electron chi connectivity index (χ2n) is 22.4. The molecule has 9 heteroatoms. The molecule has 1 amide bonds. The third kappa shape index (κ3) is 62.1. The average molecular weight is 1120 g/mol. The van der Waals surface area contributed by atoms with Crippen LogP contribution in [0.5, 0.6) is 0 Å². The minimum Gasteiger partial charge on any atom is -0.756 e. The number of quaternary nitrogens is 1. The maximum absolute atomic E-state index is 13.0. The molecular weight excluding hydrogens is 996 g/mol. The molecule has 0 aromatic heterocycles. The van der Waals surface area contributed by atoms with E-state index in [1.165, 1.54) is 96.3 Å². The highest BCUT2D eigenvalue weighted by Gasteiger charge is 2.24. The minimum absolute atomic E-state index is 0.00159. The first-order valence-electron chi connectivity index (χ1n) is 32.0. The van der Waals surface area contributed by atoms with Crippen molar-refractivity contribution >= 4 is 13.7 Å². The smallest absolute Gasteiger partial charge is 0.268 e. The van der Waals surface area contributed by atoms with Crippen LogP contribution in [-0.4, -0.2) is 68.5 Å². The summed E-state index contributed by atoms with van der Waals surface area (Å²) in [7, 11) is 1.28. The van der Waals surface area contributed by atoms with Crippen LogP contribution < -0.4 is 10.2 Å². The van der Waals surface area contributed by atoms with Gasteiger partial charge in [0, 0.05) is 6.42 Å². The van der Waals surface area contributed by atoms with Crippen LogP contribution in [0.4, 0.5) is 0 Å². The van der Waals surface area contributed by atoms with Gasteiger partial charge in [0.05, 0.1) is 39.9 Å². The number of phosphoric acid groups is 1. The number of nitrogens with one attached hydrogen (secondary N) is 1. The topological polar surface area (TPSA) is 108 Å². The first kappa shape index (κ1) is 75.6. The number of hydrogen-bond acceptors (Lipinski definition) is 6. The van der Waals surface area contributed by atoms with Crippen molar-refractivity contribution in [2.75, 3.05) is 40.9 Å². The second-order valence-corrected chi connectivity index (χ2v) is 23.8. The van der Waals surface area contributed by atoms with Gasteiger partial charge in [-0.3, -0.25) is 9.36 Å². The highest BCUT2D eigenvalue weighted by Crippen LogP contribution is 2.38. The fourth-order valence-corrected chi connectivity index (χ4v) is 9.42. The zero-order valence-corrected chi connectivity index (χ0v) is 52.4. The molecule has 0 saturated heterocycles. The van der Waals surface area contributed by atoms with E-state index in [2.05, 4.69) is 153 Å². The molecule has 0 rings (SSSR count). The molecule has 0 fully saturated rings. The zero-order chi connectivity index (χ0) is 57.7. The van der Waals surface area contributed by atoms with Crippen LogP contribution >= 0.6 is 7.82 Å². The number of unbranched alkanes of at least 4 members (excludes halogenated alkanes) is 22. The summed E-state index contributed by atoms with van der Waals surface area (Å²) in [6.07, 6.45) is 89.2. The van der Waals surface area contributed by atoms with E-state index in [1.807, 2.05) is 21.1 Å². The Morgan fingerprint density at radius 3 is 1.13 bits per heavy atom. The monoisotopic (exact) mass is 1120 g/mol. The van der Waals surface area contributed by atoms with E-state index >= 15 is 0 Å². The fraction of sp³-hybridized carbons (Fsp3) is 0.671. The summed E-state index contributed by atoms with van der Waals surface area (Å²) in [4.78, 5) is 25.6. The highest BCUT2D eigenvalue weighted by molar-refractivity contribution is 7.45. The summed E-state index contributed by atoms with van der Waals surface area (Å²) in [5.74, 6) is -0.187. The van der Waals surface area contributed by atoms with Gasteiger partial charge in [-0.2, -0.15) is 0 Å². The Labute approximate surface area is 487 Å². The van der Waals surface area contributed by atoms with Crippen LogP contribution in [0.25, 0.3) is 0 Å². The van der Waals surface area contributed by atoms with Gasteiger partial charge in [0.15, 0.2) is 0 Å². The van der Waals surface area contributed by atoms with Crippen molar-refractivity contribution in [1.82, 2.24) is 5.32 Å². The Balaban J connectivity index is 4.18. The number of likely N-dealkylation sites (N-methyl/N-ethyl adjacent to an activating group) is 1. The fourth-order valence-electron chi connectivity index (χ4n) is 8.69. The molecular formula is C70H121N2O6P. The number of aliphatic hydroxyl groups excluding tert-OH is 1. The Hall–Kier alpha value is -3.36. The van der Waals surface area contributed by atoms with Crippen LogP contribution in [-0.2, 0) is 18.4 Å². The third-order valence-corrected chi connectivity index (χ3v) is 14.6. The Morgan fingerprint density at radius 2 is 0.772 bits per heavy atom. The molecule has 3 atom stereocenters. The Kier molecular flexibility index (Phi) is 56.7. The van der Waals surface area contributed by atoms with Gasteiger partial charge >= 0.3 is 0 Å². The number of amides is 1. The predicted octanol–water partition coefficient (Wildman–Crippen LogP) is 19.6. The van der Waals surface area contributed by atoms with Gasteiger partial charge in [-0.25, -0.2) is 0 Å².